The second kappa shape index (κ2) is 9.22. The van der Waals surface area contributed by atoms with Crippen molar-refractivity contribution < 1.29 is 4.79 Å². The van der Waals surface area contributed by atoms with E-state index in [2.05, 4.69) is 97.0 Å². The number of rotatable bonds is 4. The molecule has 4 nitrogen and oxygen atoms in total. The van der Waals surface area contributed by atoms with E-state index in [0.29, 0.717) is 0 Å². The van der Waals surface area contributed by atoms with Crippen LogP contribution >= 0.6 is 0 Å². The SMILES string of the molecule is Cc1ccc(-n2c(-c3ccccc3)cc(C(=O)N3CCN(c4ccccc4C)CC3)c2C)cc1. The lowest BCUT2D eigenvalue weighted by Crippen LogP contribution is -2.49. The van der Waals surface area contributed by atoms with Gasteiger partial charge in [0, 0.05) is 43.2 Å². The summed E-state index contributed by atoms with van der Waals surface area (Å²) in [6.07, 6.45) is 0. The van der Waals surface area contributed by atoms with E-state index in [-0.39, 0.29) is 5.91 Å². The number of hydrogen-bond acceptors (Lipinski definition) is 2. The fourth-order valence-electron chi connectivity index (χ4n) is 4.91. The normalized spacial score (nSPS) is 13.9. The van der Waals surface area contributed by atoms with Crippen LogP contribution in [0.2, 0.25) is 0 Å². The van der Waals surface area contributed by atoms with E-state index in [9.17, 15) is 4.79 Å². The molecule has 0 N–H and O–H groups in total. The molecule has 1 aliphatic heterocycles. The molecule has 3 aromatic carbocycles. The molecule has 34 heavy (non-hydrogen) atoms. The van der Waals surface area contributed by atoms with Gasteiger partial charge in [0.05, 0.1) is 11.3 Å². The van der Waals surface area contributed by atoms with E-state index in [4.69, 9.17) is 0 Å². The van der Waals surface area contributed by atoms with Crippen molar-refractivity contribution in [3.05, 3.63) is 107 Å². The van der Waals surface area contributed by atoms with Crippen LogP contribution in [0.4, 0.5) is 5.69 Å². The van der Waals surface area contributed by atoms with Gasteiger partial charge < -0.3 is 14.4 Å². The molecule has 1 aromatic heterocycles. The number of aromatic nitrogens is 1. The van der Waals surface area contributed by atoms with Crippen molar-refractivity contribution >= 4 is 11.6 Å². The minimum atomic E-state index is 0.116. The summed E-state index contributed by atoms with van der Waals surface area (Å²) in [5.74, 6) is 0.116. The van der Waals surface area contributed by atoms with Crippen LogP contribution in [-0.2, 0) is 0 Å². The molecular formula is C30H31N3O. The van der Waals surface area contributed by atoms with Crippen molar-refractivity contribution in [1.82, 2.24) is 9.47 Å². The summed E-state index contributed by atoms with van der Waals surface area (Å²) >= 11 is 0. The van der Waals surface area contributed by atoms with Crippen LogP contribution in [0.3, 0.4) is 0 Å². The molecule has 0 spiro atoms. The Labute approximate surface area is 202 Å². The first kappa shape index (κ1) is 22.0. The molecule has 4 aromatic rings. The average molecular weight is 450 g/mol. The third-order valence-corrected chi connectivity index (χ3v) is 6.86. The van der Waals surface area contributed by atoms with Crippen molar-refractivity contribution in [1.29, 1.82) is 0 Å². The Balaban J connectivity index is 1.45. The summed E-state index contributed by atoms with van der Waals surface area (Å²) in [5, 5.41) is 0. The van der Waals surface area contributed by atoms with Crippen molar-refractivity contribution in [3.63, 3.8) is 0 Å². The smallest absolute Gasteiger partial charge is 0.255 e. The van der Waals surface area contributed by atoms with E-state index in [1.165, 1.54) is 16.8 Å². The number of aryl methyl sites for hydroxylation is 2. The Morgan fingerprint density at radius 1 is 0.735 bits per heavy atom. The average Bonchev–Trinajstić information content (AvgIpc) is 3.22. The molecule has 1 fully saturated rings. The van der Waals surface area contributed by atoms with Crippen molar-refractivity contribution in [2.75, 3.05) is 31.1 Å². The van der Waals surface area contributed by atoms with Gasteiger partial charge in [0.2, 0.25) is 0 Å². The molecule has 0 bridgehead atoms. The fourth-order valence-corrected chi connectivity index (χ4v) is 4.91. The molecular weight excluding hydrogens is 418 g/mol. The Bertz CT molecular complexity index is 1300. The highest BCUT2D eigenvalue weighted by Gasteiger charge is 2.27. The van der Waals surface area contributed by atoms with Crippen LogP contribution in [0.25, 0.3) is 16.9 Å². The number of carbonyl (C=O) groups excluding carboxylic acids is 1. The zero-order valence-electron chi connectivity index (χ0n) is 20.2. The maximum absolute atomic E-state index is 13.7. The zero-order chi connectivity index (χ0) is 23.7. The summed E-state index contributed by atoms with van der Waals surface area (Å²) in [5.41, 5.74) is 8.75. The predicted molar refractivity (Wildman–Crippen MR) is 140 cm³/mol. The quantitative estimate of drug-likeness (QED) is 0.380. The largest absolute Gasteiger partial charge is 0.368 e. The van der Waals surface area contributed by atoms with E-state index in [1.54, 1.807) is 0 Å². The van der Waals surface area contributed by atoms with Gasteiger partial charge in [-0.15, -0.1) is 0 Å². The number of benzene rings is 3. The maximum atomic E-state index is 13.7. The third-order valence-electron chi connectivity index (χ3n) is 6.86. The van der Waals surface area contributed by atoms with E-state index in [0.717, 1.165) is 54.4 Å². The Morgan fingerprint density at radius 2 is 1.38 bits per heavy atom. The molecule has 0 atom stereocenters. The summed E-state index contributed by atoms with van der Waals surface area (Å²) in [4.78, 5) is 18.1. The van der Waals surface area contributed by atoms with Gasteiger partial charge in [-0.2, -0.15) is 0 Å². The third kappa shape index (κ3) is 4.12. The standard InChI is InChI=1S/C30H31N3O/c1-22-13-15-26(16-14-22)33-24(3)27(21-29(33)25-10-5-4-6-11-25)30(34)32-19-17-31(18-20-32)28-12-8-7-9-23(28)2/h4-16,21H,17-20H2,1-3H3. The van der Waals surface area contributed by atoms with E-state index >= 15 is 0 Å². The number of carbonyl (C=O) groups is 1. The van der Waals surface area contributed by atoms with Gasteiger partial charge in [0.25, 0.3) is 5.91 Å². The van der Waals surface area contributed by atoms with Crippen LogP contribution in [0.5, 0.6) is 0 Å². The van der Waals surface area contributed by atoms with E-state index < -0.39 is 0 Å². The summed E-state index contributed by atoms with van der Waals surface area (Å²) in [6, 6.07) is 29.4. The summed E-state index contributed by atoms with van der Waals surface area (Å²) in [7, 11) is 0. The van der Waals surface area contributed by atoms with Crippen LogP contribution < -0.4 is 4.90 Å². The Hall–Kier alpha value is -3.79. The molecule has 5 rings (SSSR count). The molecule has 2 heterocycles. The summed E-state index contributed by atoms with van der Waals surface area (Å²) < 4.78 is 2.21. The number of anilines is 1. The highest BCUT2D eigenvalue weighted by Crippen LogP contribution is 2.31. The van der Waals surface area contributed by atoms with Crippen LogP contribution in [-0.4, -0.2) is 41.6 Å². The van der Waals surface area contributed by atoms with Gasteiger partial charge in [-0.1, -0.05) is 66.2 Å². The van der Waals surface area contributed by atoms with Crippen LogP contribution in [0.1, 0.15) is 27.2 Å². The number of para-hydroxylation sites is 1. The minimum absolute atomic E-state index is 0.116. The molecule has 1 saturated heterocycles. The molecule has 1 amide bonds. The Morgan fingerprint density at radius 3 is 2.06 bits per heavy atom. The first-order valence-electron chi connectivity index (χ1n) is 12.0. The van der Waals surface area contributed by atoms with Crippen molar-refractivity contribution in [2.45, 2.75) is 20.8 Å². The van der Waals surface area contributed by atoms with E-state index in [1.807, 2.05) is 23.1 Å². The maximum Gasteiger partial charge on any atom is 0.255 e. The zero-order valence-corrected chi connectivity index (χ0v) is 20.2. The van der Waals surface area contributed by atoms with Gasteiger partial charge in [-0.05, 0) is 56.2 Å². The van der Waals surface area contributed by atoms with Gasteiger partial charge in [0.1, 0.15) is 0 Å². The molecule has 0 radical (unpaired) electrons. The summed E-state index contributed by atoms with van der Waals surface area (Å²) in [6.45, 7) is 9.44. The lowest BCUT2D eigenvalue weighted by molar-refractivity contribution is 0.0746. The number of hydrogen-bond donors (Lipinski definition) is 0. The molecule has 0 unspecified atom stereocenters. The lowest BCUT2D eigenvalue weighted by Gasteiger charge is -2.36. The molecule has 172 valence electrons. The molecule has 1 aliphatic rings. The monoisotopic (exact) mass is 449 g/mol. The molecule has 4 heteroatoms. The predicted octanol–water partition coefficient (Wildman–Crippen LogP) is 6.03. The van der Waals surface area contributed by atoms with Gasteiger partial charge >= 0.3 is 0 Å². The minimum Gasteiger partial charge on any atom is -0.368 e. The number of nitrogens with zero attached hydrogens (tertiary/aromatic N) is 3. The second-order valence-electron chi connectivity index (χ2n) is 9.13. The van der Waals surface area contributed by atoms with Crippen LogP contribution in [0, 0.1) is 20.8 Å². The first-order chi connectivity index (χ1) is 16.5. The van der Waals surface area contributed by atoms with Gasteiger partial charge in [0.15, 0.2) is 0 Å². The second-order valence-corrected chi connectivity index (χ2v) is 9.13. The number of piperazine rings is 1. The topological polar surface area (TPSA) is 28.5 Å². The highest BCUT2D eigenvalue weighted by atomic mass is 16.2. The van der Waals surface area contributed by atoms with Gasteiger partial charge in [-0.3, -0.25) is 4.79 Å². The van der Waals surface area contributed by atoms with Gasteiger partial charge in [-0.25, -0.2) is 0 Å². The molecule has 0 saturated carbocycles. The highest BCUT2D eigenvalue weighted by molar-refractivity contribution is 5.97. The molecule has 0 aliphatic carbocycles. The first-order valence-corrected chi connectivity index (χ1v) is 12.0. The van der Waals surface area contributed by atoms with Crippen molar-refractivity contribution in [2.24, 2.45) is 0 Å². The van der Waals surface area contributed by atoms with Crippen LogP contribution in [0.15, 0.2) is 84.9 Å². The Kier molecular flexibility index (Phi) is 5.97. The lowest BCUT2D eigenvalue weighted by atomic mass is 10.1. The van der Waals surface area contributed by atoms with Crippen molar-refractivity contribution in [3.8, 4) is 16.9 Å². The fraction of sp³-hybridized carbons (Fsp3) is 0.233. The number of amides is 1.